The van der Waals surface area contributed by atoms with Crippen molar-refractivity contribution in [2.75, 3.05) is 0 Å². The third-order valence-corrected chi connectivity index (χ3v) is 5.57. The minimum atomic E-state index is -0.465. The summed E-state index contributed by atoms with van der Waals surface area (Å²) >= 11 is 0. The monoisotopic (exact) mass is 329 g/mol. The van der Waals surface area contributed by atoms with Crippen molar-refractivity contribution in [2.45, 2.75) is 38.9 Å². The first-order valence-electron chi connectivity index (χ1n) is 8.55. The van der Waals surface area contributed by atoms with E-state index in [9.17, 15) is 5.26 Å². The van der Waals surface area contributed by atoms with E-state index in [1.165, 1.54) is 0 Å². The Hall–Kier alpha value is -2.35. The number of hydrogen-bond donors (Lipinski definition) is 0. The second-order valence-electron chi connectivity index (χ2n) is 7.58. The van der Waals surface area contributed by atoms with E-state index < -0.39 is 18.3 Å². The first-order valence-corrected chi connectivity index (χ1v) is 8.55. The molecule has 0 amide bonds. The van der Waals surface area contributed by atoms with Crippen LogP contribution in [0.5, 0.6) is 0 Å². The number of hydrogen-bond acceptors (Lipinski definition) is 3. The van der Waals surface area contributed by atoms with Gasteiger partial charge in [0, 0.05) is 0 Å². The number of benzene rings is 3. The molecular weight excluding hydrogens is 309 g/mol. The molecule has 0 aromatic heterocycles. The summed E-state index contributed by atoms with van der Waals surface area (Å²) in [6.07, 6.45) is 0. The first kappa shape index (κ1) is 16.1. The summed E-state index contributed by atoms with van der Waals surface area (Å²) in [5.41, 5.74) is 0.886. The van der Waals surface area contributed by atoms with Crippen molar-refractivity contribution in [1.29, 1.82) is 5.26 Å². The molecule has 1 fully saturated rings. The molecular formula is C21H20BNO2. The molecule has 124 valence electrons. The van der Waals surface area contributed by atoms with Gasteiger partial charge in [-0.3, -0.25) is 0 Å². The molecule has 0 atom stereocenters. The van der Waals surface area contributed by atoms with E-state index in [4.69, 9.17) is 9.31 Å². The van der Waals surface area contributed by atoms with Crippen LogP contribution < -0.4 is 5.46 Å². The van der Waals surface area contributed by atoms with Gasteiger partial charge in [0.15, 0.2) is 0 Å². The zero-order valence-corrected chi connectivity index (χ0v) is 15.0. The van der Waals surface area contributed by atoms with E-state index in [0.717, 1.165) is 27.0 Å². The SMILES string of the molecule is CC1(C)OB(c2c3ccccc3c(C#N)c3ccccc23)OC1(C)C. The molecule has 0 unspecified atom stereocenters. The van der Waals surface area contributed by atoms with Crippen LogP contribution in [0.4, 0.5) is 0 Å². The van der Waals surface area contributed by atoms with Gasteiger partial charge in [-0.05, 0) is 54.7 Å². The quantitative estimate of drug-likeness (QED) is 0.497. The summed E-state index contributed by atoms with van der Waals surface area (Å²) in [5, 5.41) is 13.6. The highest BCUT2D eigenvalue weighted by Gasteiger charge is 2.52. The molecule has 1 heterocycles. The van der Waals surface area contributed by atoms with Crippen molar-refractivity contribution < 1.29 is 9.31 Å². The van der Waals surface area contributed by atoms with Gasteiger partial charge >= 0.3 is 7.12 Å². The lowest BCUT2D eigenvalue weighted by molar-refractivity contribution is 0.00578. The second-order valence-corrected chi connectivity index (χ2v) is 7.58. The second kappa shape index (κ2) is 5.32. The van der Waals surface area contributed by atoms with Crippen LogP contribution in [-0.2, 0) is 9.31 Å². The summed E-state index contributed by atoms with van der Waals surface area (Å²) in [4.78, 5) is 0. The average Bonchev–Trinajstić information content (AvgIpc) is 2.79. The lowest BCUT2D eigenvalue weighted by Gasteiger charge is -2.32. The van der Waals surface area contributed by atoms with E-state index in [1.807, 2.05) is 48.5 Å². The Morgan fingerprint density at radius 2 is 1.16 bits per heavy atom. The van der Waals surface area contributed by atoms with Gasteiger partial charge in [0.25, 0.3) is 0 Å². The Morgan fingerprint density at radius 1 is 0.760 bits per heavy atom. The normalized spacial score (nSPS) is 18.6. The van der Waals surface area contributed by atoms with Crippen molar-refractivity contribution >= 4 is 34.1 Å². The van der Waals surface area contributed by atoms with Gasteiger partial charge in [0.05, 0.1) is 16.8 Å². The Bertz CT molecular complexity index is 960. The number of rotatable bonds is 1. The van der Waals surface area contributed by atoms with Crippen molar-refractivity contribution in [3.8, 4) is 6.07 Å². The molecule has 3 aromatic rings. The Kier molecular flexibility index (Phi) is 3.44. The lowest BCUT2D eigenvalue weighted by Crippen LogP contribution is -2.41. The Labute approximate surface area is 148 Å². The number of nitriles is 1. The minimum absolute atomic E-state index is 0.409. The Morgan fingerprint density at radius 3 is 1.56 bits per heavy atom. The van der Waals surface area contributed by atoms with Gasteiger partial charge in [-0.2, -0.15) is 5.26 Å². The van der Waals surface area contributed by atoms with Gasteiger partial charge in [0.2, 0.25) is 0 Å². The zero-order valence-electron chi connectivity index (χ0n) is 15.0. The highest BCUT2D eigenvalue weighted by atomic mass is 16.7. The van der Waals surface area contributed by atoms with Crippen molar-refractivity contribution in [3.05, 3.63) is 54.1 Å². The van der Waals surface area contributed by atoms with Crippen LogP contribution in [0.2, 0.25) is 0 Å². The zero-order chi connectivity index (χ0) is 17.8. The van der Waals surface area contributed by atoms with Crippen LogP contribution in [0.15, 0.2) is 48.5 Å². The van der Waals surface area contributed by atoms with Crippen LogP contribution in [0.1, 0.15) is 33.3 Å². The fraction of sp³-hybridized carbons (Fsp3) is 0.286. The highest BCUT2D eigenvalue weighted by Crippen LogP contribution is 2.38. The van der Waals surface area contributed by atoms with Crippen LogP contribution in [0.25, 0.3) is 21.5 Å². The maximum absolute atomic E-state index is 9.74. The summed E-state index contributed by atoms with van der Waals surface area (Å²) < 4.78 is 12.7. The Balaban J connectivity index is 2.09. The van der Waals surface area contributed by atoms with E-state index in [1.54, 1.807) is 0 Å². The fourth-order valence-corrected chi connectivity index (χ4v) is 3.50. The van der Waals surface area contributed by atoms with Crippen LogP contribution in [0.3, 0.4) is 0 Å². The summed E-state index contributed by atoms with van der Waals surface area (Å²) in [6, 6.07) is 18.4. The lowest BCUT2D eigenvalue weighted by atomic mass is 9.72. The van der Waals surface area contributed by atoms with Crippen molar-refractivity contribution in [1.82, 2.24) is 0 Å². The first-order chi connectivity index (χ1) is 11.9. The van der Waals surface area contributed by atoms with E-state index >= 15 is 0 Å². The predicted octanol–water partition coefficient (Wildman–Crippen LogP) is 4.16. The van der Waals surface area contributed by atoms with Crippen LogP contribution in [-0.4, -0.2) is 18.3 Å². The molecule has 0 spiro atoms. The maximum atomic E-state index is 9.74. The topological polar surface area (TPSA) is 42.2 Å². The van der Waals surface area contributed by atoms with E-state index in [2.05, 4.69) is 33.8 Å². The molecule has 25 heavy (non-hydrogen) atoms. The largest absolute Gasteiger partial charge is 0.496 e. The molecule has 0 radical (unpaired) electrons. The summed E-state index contributed by atoms with van der Waals surface area (Å²) in [7, 11) is -0.465. The van der Waals surface area contributed by atoms with E-state index in [0.29, 0.717) is 5.56 Å². The predicted molar refractivity (Wildman–Crippen MR) is 102 cm³/mol. The molecule has 0 aliphatic carbocycles. The van der Waals surface area contributed by atoms with Crippen molar-refractivity contribution in [3.63, 3.8) is 0 Å². The summed E-state index contributed by atoms with van der Waals surface area (Å²) in [6.45, 7) is 8.23. The van der Waals surface area contributed by atoms with E-state index in [-0.39, 0.29) is 0 Å². The maximum Gasteiger partial charge on any atom is 0.496 e. The molecule has 0 N–H and O–H groups in total. The van der Waals surface area contributed by atoms with Gasteiger partial charge in [-0.1, -0.05) is 48.5 Å². The molecule has 1 aliphatic heterocycles. The molecule has 3 nitrogen and oxygen atoms in total. The highest BCUT2D eigenvalue weighted by molar-refractivity contribution is 6.68. The molecule has 4 rings (SSSR count). The molecule has 4 heteroatoms. The van der Waals surface area contributed by atoms with Gasteiger partial charge in [-0.15, -0.1) is 0 Å². The molecule has 0 saturated carbocycles. The van der Waals surface area contributed by atoms with Crippen molar-refractivity contribution in [2.24, 2.45) is 0 Å². The number of fused-ring (bicyclic) bond motifs is 2. The minimum Gasteiger partial charge on any atom is -0.399 e. The third kappa shape index (κ3) is 2.27. The van der Waals surface area contributed by atoms with Gasteiger partial charge in [0.1, 0.15) is 6.07 Å². The number of nitrogens with zero attached hydrogens (tertiary/aromatic N) is 1. The average molecular weight is 329 g/mol. The molecule has 0 bridgehead atoms. The van der Waals surface area contributed by atoms with Crippen LogP contribution >= 0.6 is 0 Å². The molecule has 3 aromatic carbocycles. The van der Waals surface area contributed by atoms with Crippen LogP contribution in [0, 0.1) is 11.3 Å². The van der Waals surface area contributed by atoms with Gasteiger partial charge in [-0.25, -0.2) is 0 Å². The molecule has 1 saturated heterocycles. The standard InChI is InChI=1S/C21H20BNO2/c1-20(2)21(3,4)25-22(24-20)19-16-11-7-5-9-14(16)18(13-23)15-10-6-8-12-17(15)19/h5-12H,1-4H3. The smallest absolute Gasteiger partial charge is 0.399 e. The summed E-state index contributed by atoms with van der Waals surface area (Å²) in [5.74, 6) is 0. The van der Waals surface area contributed by atoms with Gasteiger partial charge < -0.3 is 9.31 Å². The third-order valence-electron chi connectivity index (χ3n) is 5.57. The fourth-order valence-electron chi connectivity index (χ4n) is 3.50. The molecule has 1 aliphatic rings.